The summed E-state index contributed by atoms with van der Waals surface area (Å²) in [5.41, 5.74) is 9.67. The summed E-state index contributed by atoms with van der Waals surface area (Å²) in [5, 5.41) is 11.3. The van der Waals surface area contributed by atoms with Crippen LogP contribution in [0.15, 0.2) is 158 Å². The average molecular weight is 603 g/mol. The summed E-state index contributed by atoms with van der Waals surface area (Å²) in [6.45, 7) is 0. The molecule has 0 N–H and O–H groups in total. The van der Waals surface area contributed by atoms with Crippen molar-refractivity contribution >= 4 is 27.5 Å². The molecule has 0 spiro atoms. The van der Waals surface area contributed by atoms with Gasteiger partial charge in [0, 0.05) is 33.0 Å². The third-order valence-electron chi connectivity index (χ3n) is 8.53. The van der Waals surface area contributed by atoms with Gasteiger partial charge in [0.05, 0.1) is 16.7 Å². The van der Waals surface area contributed by atoms with Crippen LogP contribution in [0.4, 0.5) is 0 Å². The molecule has 0 saturated carbocycles. The zero-order chi connectivity index (χ0) is 31.2. The molecule has 9 aromatic rings. The van der Waals surface area contributed by atoms with Gasteiger partial charge in [0.1, 0.15) is 5.82 Å². The molecule has 9 rings (SSSR count). The lowest BCUT2D eigenvalue weighted by Gasteiger charge is -2.12. The molecule has 0 bridgehead atoms. The van der Waals surface area contributed by atoms with Gasteiger partial charge in [0.2, 0.25) is 0 Å². The topological polar surface area (TPSA) is 68.9 Å². The van der Waals surface area contributed by atoms with Gasteiger partial charge in [-0.25, -0.2) is 15.0 Å². The van der Waals surface area contributed by atoms with Crippen molar-refractivity contribution < 1.29 is 0 Å². The summed E-state index contributed by atoms with van der Waals surface area (Å²) in [4.78, 5) is 15.1. The lowest BCUT2D eigenvalue weighted by atomic mass is 10.0. The first-order chi connectivity index (χ1) is 23.3. The summed E-state index contributed by atoms with van der Waals surface area (Å²) < 4.78 is 2.07. The fourth-order valence-electron chi connectivity index (χ4n) is 6.22. The second-order valence-electron chi connectivity index (χ2n) is 11.4. The Balaban J connectivity index is 1.14. The number of hydrogen-bond donors (Lipinski definition) is 0. The van der Waals surface area contributed by atoms with Crippen LogP contribution in [-0.2, 0) is 0 Å². The number of rotatable bonds is 5. The minimum absolute atomic E-state index is 0.701. The first kappa shape index (κ1) is 26.8. The molecule has 0 fully saturated rings. The van der Waals surface area contributed by atoms with E-state index in [0.717, 1.165) is 78.2 Å². The van der Waals surface area contributed by atoms with E-state index in [1.165, 1.54) is 0 Å². The highest BCUT2D eigenvalue weighted by Crippen LogP contribution is 2.33. The van der Waals surface area contributed by atoms with E-state index < -0.39 is 0 Å². The van der Waals surface area contributed by atoms with Crippen molar-refractivity contribution in [1.29, 1.82) is 0 Å². The Labute approximate surface area is 270 Å². The van der Waals surface area contributed by atoms with Crippen molar-refractivity contribution in [2.24, 2.45) is 0 Å². The highest BCUT2D eigenvalue weighted by Gasteiger charge is 2.18. The van der Waals surface area contributed by atoms with Crippen LogP contribution < -0.4 is 0 Å². The lowest BCUT2D eigenvalue weighted by molar-refractivity contribution is 1.10. The fraction of sp³-hybridized carbons (Fsp3) is 0. The van der Waals surface area contributed by atoms with Gasteiger partial charge in [0.15, 0.2) is 17.3 Å². The molecular formula is C41H26N6. The van der Waals surface area contributed by atoms with Crippen molar-refractivity contribution in [1.82, 2.24) is 29.5 Å². The van der Waals surface area contributed by atoms with E-state index in [0.29, 0.717) is 5.82 Å². The predicted molar refractivity (Wildman–Crippen MR) is 189 cm³/mol. The maximum atomic E-state index is 5.15. The summed E-state index contributed by atoms with van der Waals surface area (Å²) in [6.07, 6.45) is 0. The number of aromatic nitrogens is 6. The van der Waals surface area contributed by atoms with Crippen LogP contribution in [0.2, 0.25) is 0 Å². The Bertz CT molecular complexity index is 2560. The maximum absolute atomic E-state index is 5.15. The van der Waals surface area contributed by atoms with E-state index in [1.54, 1.807) is 0 Å². The molecule has 0 amide bonds. The van der Waals surface area contributed by atoms with Gasteiger partial charge in [0.25, 0.3) is 0 Å². The molecule has 0 aliphatic carbocycles. The number of fused-ring (bicyclic) bond motifs is 4. The Hall–Kier alpha value is -6.53. The van der Waals surface area contributed by atoms with Crippen molar-refractivity contribution in [2.45, 2.75) is 0 Å². The first-order valence-corrected chi connectivity index (χ1v) is 15.5. The van der Waals surface area contributed by atoms with Crippen LogP contribution >= 0.6 is 0 Å². The smallest absolute Gasteiger partial charge is 0.172 e. The third kappa shape index (κ3) is 4.71. The van der Waals surface area contributed by atoms with Crippen molar-refractivity contribution in [3.8, 4) is 56.5 Å². The summed E-state index contributed by atoms with van der Waals surface area (Å²) in [7, 11) is 0. The SMILES string of the molecule is c1ccc(-c2nc(-c3ccc(-c4cccc(-c5nc6ccccc6c6nnc(-c7ccccc7)n56)c4)cc3)nc3ccccc23)cc1. The Morgan fingerprint density at radius 3 is 1.72 bits per heavy atom. The molecule has 6 aromatic carbocycles. The highest BCUT2D eigenvalue weighted by molar-refractivity contribution is 5.95. The molecule has 220 valence electrons. The van der Waals surface area contributed by atoms with Crippen molar-refractivity contribution in [2.75, 3.05) is 0 Å². The quantitative estimate of drug-likeness (QED) is 0.196. The van der Waals surface area contributed by atoms with Gasteiger partial charge in [-0.3, -0.25) is 4.40 Å². The zero-order valence-electron chi connectivity index (χ0n) is 25.2. The molecule has 0 radical (unpaired) electrons. The molecule has 3 aromatic heterocycles. The Morgan fingerprint density at radius 2 is 0.957 bits per heavy atom. The van der Waals surface area contributed by atoms with Crippen molar-refractivity contribution in [3.05, 3.63) is 158 Å². The standard InChI is InChI=1S/C41H26N6/c1-3-12-28(13-4-1)37-33-18-7-9-20-35(33)42-38(44-37)29-24-22-27(23-25-29)31-16-11-17-32(26-31)39-43-36-21-10-8-19-34(36)41-46-45-40(47(39)41)30-14-5-2-6-15-30/h1-26H. The zero-order valence-corrected chi connectivity index (χ0v) is 25.2. The number of benzene rings is 6. The number of para-hydroxylation sites is 2. The molecule has 0 atom stereocenters. The first-order valence-electron chi connectivity index (χ1n) is 15.5. The van der Waals surface area contributed by atoms with Crippen LogP contribution in [0, 0.1) is 0 Å². The number of hydrogen-bond acceptors (Lipinski definition) is 5. The average Bonchev–Trinajstić information content (AvgIpc) is 3.61. The van der Waals surface area contributed by atoms with Crippen LogP contribution in [0.25, 0.3) is 84.0 Å². The highest BCUT2D eigenvalue weighted by atomic mass is 15.3. The van der Waals surface area contributed by atoms with E-state index in [4.69, 9.17) is 15.0 Å². The maximum Gasteiger partial charge on any atom is 0.172 e. The Kier molecular flexibility index (Phi) is 6.35. The molecule has 3 heterocycles. The second kappa shape index (κ2) is 11.1. The summed E-state index contributed by atoms with van der Waals surface area (Å²) in [5.74, 6) is 2.25. The van der Waals surface area contributed by atoms with Gasteiger partial charge in [-0.05, 0) is 35.4 Å². The van der Waals surface area contributed by atoms with Gasteiger partial charge < -0.3 is 0 Å². The molecule has 0 unspecified atom stereocenters. The van der Waals surface area contributed by atoms with Gasteiger partial charge in [-0.1, -0.05) is 133 Å². The van der Waals surface area contributed by atoms with Gasteiger partial charge in [-0.15, -0.1) is 10.2 Å². The van der Waals surface area contributed by atoms with Crippen LogP contribution in [0.3, 0.4) is 0 Å². The summed E-state index contributed by atoms with van der Waals surface area (Å²) >= 11 is 0. The van der Waals surface area contributed by atoms with E-state index in [-0.39, 0.29) is 0 Å². The van der Waals surface area contributed by atoms with Crippen LogP contribution in [0.1, 0.15) is 0 Å². The minimum atomic E-state index is 0.701. The second-order valence-corrected chi connectivity index (χ2v) is 11.4. The minimum Gasteiger partial charge on any atom is -0.258 e. The van der Waals surface area contributed by atoms with Crippen LogP contribution in [-0.4, -0.2) is 29.5 Å². The monoisotopic (exact) mass is 602 g/mol. The molecule has 0 saturated heterocycles. The molecule has 0 aliphatic heterocycles. The summed E-state index contributed by atoms with van der Waals surface area (Å²) in [6, 6.07) is 53.6. The third-order valence-corrected chi connectivity index (χ3v) is 8.53. The normalized spacial score (nSPS) is 11.4. The van der Waals surface area contributed by atoms with Crippen LogP contribution in [0.5, 0.6) is 0 Å². The number of nitrogens with zero attached hydrogens (tertiary/aromatic N) is 6. The Morgan fingerprint density at radius 1 is 0.362 bits per heavy atom. The van der Waals surface area contributed by atoms with E-state index in [1.807, 2.05) is 78.9 Å². The van der Waals surface area contributed by atoms with E-state index >= 15 is 0 Å². The fourth-order valence-corrected chi connectivity index (χ4v) is 6.22. The van der Waals surface area contributed by atoms with Crippen molar-refractivity contribution in [3.63, 3.8) is 0 Å². The molecule has 0 aliphatic rings. The lowest BCUT2D eigenvalue weighted by Crippen LogP contribution is -2.00. The largest absolute Gasteiger partial charge is 0.258 e. The van der Waals surface area contributed by atoms with E-state index in [9.17, 15) is 0 Å². The predicted octanol–water partition coefficient (Wildman–Crippen LogP) is 9.56. The molecule has 6 heteroatoms. The molecule has 6 nitrogen and oxygen atoms in total. The van der Waals surface area contributed by atoms with E-state index in [2.05, 4.69) is 93.5 Å². The molecular weight excluding hydrogens is 576 g/mol. The molecule has 47 heavy (non-hydrogen) atoms. The van der Waals surface area contributed by atoms with Gasteiger partial charge >= 0.3 is 0 Å². The van der Waals surface area contributed by atoms with Gasteiger partial charge in [-0.2, -0.15) is 0 Å².